The van der Waals surface area contributed by atoms with E-state index in [4.69, 9.17) is 17.3 Å². The van der Waals surface area contributed by atoms with Crippen LogP contribution in [0.1, 0.15) is 31.4 Å². The number of aliphatic hydroxyl groups is 1. The summed E-state index contributed by atoms with van der Waals surface area (Å²) in [6.45, 7) is 10.6. The van der Waals surface area contributed by atoms with Crippen molar-refractivity contribution >= 4 is 26.1 Å². The van der Waals surface area contributed by atoms with Crippen molar-refractivity contribution in [1.82, 2.24) is 0 Å². The topological polar surface area (TPSA) is 46.2 Å². The van der Waals surface area contributed by atoms with Crippen LogP contribution in [-0.2, 0) is 6.42 Å². The third-order valence-electron chi connectivity index (χ3n) is 3.52. The lowest BCUT2D eigenvalue weighted by Gasteiger charge is -2.29. The average molecular weight is 299 g/mol. The fourth-order valence-corrected chi connectivity index (χ4v) is 3.43. The molecule has 0 aromatic heterocycles. The van der Waals surface area contributed by atoms with Gasteiger partial charge in [-0.1, -0.05) is 38.5 Å². The van der Waals surface area contributed by atoms with Crippen LogP contribution < -0.4 is 5.73 Å². The molecule has 1 unspecified atom stereocenters. The van der Waals surface area contributed by atoms with E-state index in [0.717, 1.165) is 34.7 Å². The quantitative estimate of drug-likeness (QED) is 0.641. The van der Waals surface area contributed by atoms with Gasteiger partial charge in [-0.05, 0) is 48.4 Å². The van der Waals surface area contributed by atoms with Gasteiger partial charge in [0, 0.05) is 16.4 Å². The van der Waals surface area contributed by atoms with Gasteiger partial charge in [-0.25, -0.2) is 0 Å². The lowest BCUT2D eigenvalue weighted by atomic mass is 9.82. The van der Waals surface area contributed by atoms with Gasteiger partial charge in [0.2, 0.25) is 0 Å². The molecule has 1 aromatic rings. The summed E-state index contributed by atoms with van der Waals surface area (Å²) in [6.07, 6.45) is 1.64. The summed E-state index contributed by atoms with van der Waals surface area (Å²) < 4.78 is 0. The highest BCUT2D eigenvalue weighted by Crippen LogP contribution is 2.33. The lowest BCUT2D eigenvalue weighted by Crippen LogP contribution is -2.31. The Balaban J connectivity index is 2.86. The highest BCUT2D eigenvalue weighted by molar-refractivity contribution is 6.57. The molecule has 0 saturated heterocycles. The molecule has 19 heavy (non-hydrogen) atoms. The van der Waals surface area contributed by atoms with E-state index >= 15 is 0 Å². The van der Waals surface area contributed by atoms with Crippen LogP contribution in [0.5, 0.6) is 0 Å². The van der Waals surface area contributed by atoms with Crippen molar-refractivity contribution in [3.8, 4) is 0 Å². The molecule has 1 radical (unpaired) electrons. The van der Waals surface area contributed by atoms with Crippen molar-refractivity contribution in [1.29, 1.82) is 0 Å². The Morgan fingerprint density at radius 3 is 2.47 bits per heavy atom. The number of aliphatic hydroxyl groups excluding tert-OH is 1. The summed E-state index contributed by atoms with van der Waals surface area (Å²) in [5.74, 6) is 0. The zero-order valence-electron chi connectivity index (χ0n) is 12.5. The largest absolute Gasteiger partial charge is 0.399 e. The number of halogens is 1. The van der Waals surface area contributed by atoms with Crippen LogP contribution in [-0.4, -0.2) is 19.6 Å². The van der Waals surface area contributed by atoms with Crippen LogP contribution in [0.3, 0.4) is 0 Å². The Labute approximate surface area is 123 Å². The summed E-state index contributed by atoms with van der Waals surface area (Å²) in [7, 11) is -0.663. The molecule has 0 heterocycles. The van der Waals surface area contributed by atoms with Gasteiger partial charge in [-0.3, -0.25) is 0 Å². The molecular formula is C15H25ClNOSi. The number of aryl methyl sites for hydroxylation is 1. The predicted molar refractivity (Wildman–Crippen MR) is 86.2 cm³/mol. The maximum Gasteiger partial charge on any atom is 0.0779 e. The van der Waals surface area contributed by atoms with Crippen molar-refractivity contribution in [2.45, 2.75) is 52.4 Å². The molecule has 0 bridgehead atoms. The van der Waals surface area contributed by atoms with Crippen molar-refractivity contribution < 1.29 is 5.11 Å². The molecule has 0 aliphatic rings. The summed E-state index contributed by atoms with van der Waals surface area (Å²) in [5, 5.41) is 10.9. The van der Waals surface area contributed by atoms with E-state index in [9.17, 15) is 5.11 Å². The minimum atomic E-state index is -0.663. The van der Waals surface area contributed by atoms with E-state index in [0.29, 0.717) is 0 Å². The molecule has 0 spiro atoms. The zero-order chi connectivity index (χ0) is 14.8. The number of anilines is 1. The van der Waals surface area contributed by atoms with E-state index < -0.39 is 8.80 Å². The third kappa shape index (κ3) is 4.82. The Bertz CT molecular complexity index is 446. The number of nitrogens with two attached hydrogens (primary N) is 1. The van der Waals surface area contributed by atoms with E-state index in [1.165, 1.54) is 0 Å². The summed E-state index contributed by atoms with van der Waals surface area (Å²) in [6, 6.07) is 3.89. The first-order chi connectivity index (χ1) is 8.62. The van der Waals surface area contributed by atoms with Crippen LogP contribution in [0.15, 0.2) is 12.1 Å². The molecule has 0 amide bonds. The maximum atomic E-state index is 10.1. The Kier molecular flexibility index (Phi) is 5.48. The van der Waals surface area contributed by atoms with Gasteiger partial charge in [0.25, 0.3) is 0 Å². The number of benzene rings is 1. The van der Waals surface area contributed by atoms with E-state index in [2.05, 4.69) is 26.9 Å². The highest BCUT2D eigenvalue weighted by Gasteiger charge is 2.25. The van der Waals surface area contributed by atoms with E-state index in [1.54, 1.807) is 0 Å². The average Bonchev–Trinajstić information content (AvgIpc) is 2.24. The second-order valence-corrected chi connectivity index (χ2v) is 9.67. The van der Waals surface area contributed by atoms with Gasteiger partial charge < -0.3 is 10.8 Å². The standard InChI is InChI=1S/C15H25ClNOSi/c1-10-6-12(16)11(7-13(10)17)8-15(2,3)9-14(18)19(4)5/h6-7,14,18H,8-9,17H2,1-5H3. The minimum Gasteiger partial charge on any atom is -0.399 e. The van der Waals surface area contributed by atoms with Crippen LogP contribution >= 0.6 is 11.6 Å². The number of hydrogen-bond acceptors (Lipinski definition) is 2. The molecule has 0 aliphatic carbocycles. The monoisotopic (exact) mass is 298 g/mol. The molecule has 1 rings (SSSR count). The predicted octanol–water partition coefficient (Wildman–Crippen LogP) is 3.84. The van der Waals surface area contributed by atoms with Crippen molar-refractivity contribution in [2.24, 2.45) is 5.41 Å². The molecule has 1 atom stereocenters. The fraction of sp³-hybridized carbons (Fsp3) is 0.600. The lowest BCUT2D eigenvalue weighted by molar-refractivity contribution is 0.172. The SMILES string of the molecule is Cc1cc(Cl)c(CC(C)(C)CC(O)[Si](C)C)cc1N. The van der Waals surface area contributed by atoms with Gasteiger partial charge in [0.05, 0.1) is 8.80 Å². The normalized spacial score (nSPS) is 13.9. The Morgan fingerprint density at radius 1 is 1.37 bits per heavy atom. The van der Waals surface area contributed by atoms with Gasteiger partial charge in [0.1, 0.15) is 0 Å². The van der Waals surface area contributed by atoms with Crippen LogP contribution in [0.4, 0.5) is 5.69 Å². The Morgan fingerprint density at radius 2 is 1.95 bits per heavy atom. The first-order valence-corrected chi connectivity index (χ1v) is 9.60. The first kappa shape index (κ1) is 16.5. The fourth-order valence-electron chi connectivity index (χ4n) is 2.19. The molecule has 2 nitrogen and oxygen atoms in total. The zero-order valence-corrected chi connectivity index (χ0v) is 14.3. The van der Waals surface area contributed by atoms with Gasteiger partial charge in [0.15, 0.2) is 0 Å². The highest BCUT2D eigenvalue weighted by atomic mass is 35.5. The van der Waals surface area contributed by atoms with Crippen molar-refractivity contribution in [3.63, 3.8) is 0 Å². The van der Waals surface area contributed by atoms with E-state index in [-0.39, 0.29) is 11.1 Å². The van der Waals surface area contributed by atoms with Gasteiger partial charge in [-0.15, -0.1) is 0 Å². The minimum absolute atomic E-state index is 0.0205. The maximum absolute atomic E-state index is 10.1. The molecule has 1 aromatic carbocycles. The molecule has 3 N–H and O–H groups in total. The summed E-state index contributed by atoms with van der Waals surface area (Å²) >= 11 is 6.29. The first-order valence-electron chi connectivity index (χ1n) is 6.65. The number of rotatable bonds is 5. The second-order valence-electron chi connectivity index (χ2n) is 6.44. The number of hydrogen-bond donors (Lipinski definition) is 2. The van der Waals surface area contributed by atoms with E-state index in [1.807, 2.05) is 19.1 Å². The number of nitrogen functional groups attached to an aromatic ring is 1. The summed E-state index contributed by atoms with van der Waals surface area (Å²) in [4.78, 5) is 0. The molecular weight excluding hydrogens is 274 g/mol. The molecule has 4 heteroatoms. The van der Waals surface area contributed by atoms with Crippen molar-refractivity contribution in [3.05, 3.63) is 28.3 Å². The van der Waals surface area contributed by atoms with Crippen LogP contribution in [0.2, 0.25) is 18.1 Å². The second kappa shape index (κ2) is 6.29. The van der Waals surface area contributed by atoms with Crippen LogP contribution in [0.25, 0.3) is 0 Å². The van der Waals surface area contributed by atoms with Crippen LogP contribution in [0, 0.1) is 12.3 Å². The molecule has 0 aliphatic heterocycles. The summed E-state index contributed by atoms with van der Waals surface area (Å²) in [5.41, 5.74) is 8.67. The van der Waals surface area contributed by atoms with Gasteiger partial charge in [-0.2, -0.15) is 0 Å². The third-order valence-corrected chi connectivity index (χ3v) is 5.41. The van der Waals surface area contributed by atoms with Gasteiger partial charge >= 0.3 is 0 Å². The molecule has 0 saturated carbocycles. The van der Waals surface area contributed by atoms with Crippen molar-refractivity contribution in [2.75, 3.05) is 5.73 Å². The molecule has 107 valence electrons. The molecule has 0 fully saturated rings. The smallest absolute Gasteiger partial charge is 0.0779 e. The Hall–Kier alpha value is -0.513.